The minimum Gasteiger partial charge on any atom is -0.391 e. The Morgan fingerprint density at radius 1 is 1.69 bits per heavy atom. The van der Waals surface area contributed by atoms with Crippen LogP contribution in [-0.4, -0.2) is 35.7 Å². The van der Waals surface area contributed by atoms with Crippen LogP contribution < -0.4 is 5.73 Å². The monoisotopic (exact) mass is 320 g/mol. The minimum atomic E-state index is -0.0906. The lowest BCUT2D eigenvalue weighted by atomic mass is 10.2. The van der Waals surface area contributed by atoms with Crippen LogP contribution in [0.1, 0.15) is 4.88 Å². The molecule has 2 rings (SSSR count). The summed E-state index contributed by atoms with van der Waals surface area (Å²) in [5, 5.41) is 0. The first kappa shape index (κ1) is 12.4. The summed E-state index contributed by atoms with van der Waals surface area (Å²) in [6.45, 7) is 3.38. The molecule has 16 heavy (non-hydrogen) atoms. The largest absolute Gasteiger partial charge is 0.391 e. The summed E-state index contributed by atoms with van der Waals surface area (Å²) >= 11 is 10.2. The number of thiophene rings is 1. The van der Waals surface area contributed by atoms with Gasteiger partial charge in [-0.3, -0.25) is 4.90 Å². The van der Waals surface area contributed by atoms with E-state index in [4.69, 9.17) is 22.7 Å². The number of nitrogens with zero attached hydrogens (tertiary/aromatic N) is 1. The Balaban J connectivity index is 1.92. The predicted molar refractivity (Wildman–Crippen MR) is 73.8 cm³/mol. The van der Waals surface area contributed by atoms with Gasteiger partial charge in [0.25, 0.3) is 0 Å². The van der Waals surface area contributed by atoms with E-state index in [1.807, 2.05) is 0 Å². The van der Waals surface area contributed by atoms with E-state index >= 15 is 0 Å². The molecule has 1 aliphatic heterocycles. The van der Waals surface area contributed by atoms with Gasteiger partial charge >= 0.3 is 0 Å². The molecule has 0 aromatic carbocycles. The Labute approximate surface area is 113 Å². The molecule has 0 aliphatic carbocycles. The summed E-state index contributed by atoms with van der Waals surface area (Å²) in [5.41, 5.74) is 5.60. The smallest absolute Gasteiger partial charge is 0.120 e. The van der Waals surface area contributed by atoms with Crippen molar-refractivity contribution in [3.63, 3.8) is 0 Å². The van der Waals surface area contributed by atoms with E-state index in [0.29, 0.717) is 11.6 Å². The fourth-order valence-electron chi connectivity index (χ4n) is 1.68. The summed E-state index contributed by atoms with van der Waals surface area (Å²) in [7, 11) is 0. The van der Waals surface area contributed by atoms with Gasteiger partial charge in [-0.25, -0.2) is 0 Å². The lowest BCUT2D eigenvalue weighted by Gasteiger charge is -2.31. The van der Waals surface area contributed by atoms with Crippen molar-refractivity contribution in [1.29, 1.82) is 0 Å². The average molecular weight is 321 g/mol. The highest BCUT2D eigenvalue weighted by molar-refractivity contribution is 9.11. The van der Waals surface area contributed by atoms with Gasteiger partial charge in [0.1, 0.15) is 11.1 Å². The summed E-state index contributed by atoms with van der Waals surface area (Å²) in [6, 6.07) is 4.21. The fraction of sp³-hybridized carbons (Fsp3) is 0.500. The van der Waals surface area contributed by atoms with Crippen molar-refractivity contribution in [3.8, 4) is 0 Å². The first-order chi connectivity index (χ1) is 7.65. The molecule has 2 heterocycles. The third-order valence-corrected chi connectivity index (χ3v) is 4.35. The molecule has 1 aliphatic rings. The molecule has 0 spiro atoms. The molecular formula is C10H13BrN2OS2. The Morgan fingerprint density at radius 2 is 2.50 bits per heavy atom. The molecule has 88 valence electrons. The second-order valence-corrected chi connectivity index (χ2v) is 6.72. The van der Waals surface area contributed by atoms with Crippen LogP contribution in [0, 0.1) is 0 Å². The lowest BCUT2D eigenvalue weighted by Crippen LogP contribution is -2.47. The molecule has 6 heteroatoms. The second-order valence-electron chi connectivity index (χ2n) is 3.70. The van der Waals surface area contributed by atoms with Crippen LogP contribution in [-0.2, 0) is 11.3 Å². The SMILES string of the molecule is NC(=S)C1CN(Cc2ccc(Br)s2)CCO1. The zero-order valence-electron chi connectivity index (χ0n) is 8.69. The van der Waals surface area contributed by atoms with Crippen LogP contribution in [0.3, 0.4) is 0 Å². The molecule has 2 N–H and O–H groups in total. The average Bonchev–Trinajstić information content (AvgIpc) is 2.64. The summed E-state index contributed by atoms with van der Waals surface area (Å²) in [6.07, 6.45) is -0.0906. The maximum absolute atomic E-state index is 5.60. The van der Waals surface area contributed by atoms with Gasteiger partial charge < -0.3 is 10.5 Å². The zero-order valence-corrected chi connectivity index (χ0v) is 11.9. The van der Waals surface area contributed by atoms with Gasteiger partial charge in [0.05, 0.1) is 10.4 Å². The molecule has 0 bridgehead atoms. The van der Waals surface area contributed by atoms with Crippen molar-refractivity contribution in [2.24, 2.45) is 5.73 Å². The maximum Gasteiger partial charge on any atom is 0.120 e. The number of thiocarbonyl (C=S) groups is 1. The molecule has 1 saturated heterocycles. The van der Waals surface area contributed by atoms with Crippen LogP contribution >= 0.6 is 39.5 Å². The maximum atomic E-state index is 5.60. The highest BCUT2D eigenvalue weighted by Gasteiger charge is 2.22. The van der Waals surface area contributed by atoms with Crippen molar-refractivity contribution in [2.75, 3.05) is 19.7 Å². The number of ether oxygens (including phenoxy) is 1. The molecule has 1 unspecified atom stereocenters. The third kappa shape index (κ3) is 3.24. The molecule has 0 saturated carbocycles. The van der Waals surface area contributed by atoms with Crippen LogP contribution in [0.4, 0.5) is 0 Å². The van der Waals surface area contributed by atoms with Gasteiger partial charge in [0, 0.05) is 24.5 Å². The van der Waals surface area contributed by atoms with E-state index in [2.05, 4.69) is 33.0 Å². The predicted octanol–water partition coefficient (Wildman–Crippen LogP) is 2.00. The van der Waals surface area contributed by atoms with Crippen LogP contribution in [0.15, 0.2) is 15.9 Å². The van der Waals surface area contributed by atoms with Crippen LogP contribution in [0.25, 0.3) is 0 Å². The van der Waals surface area contributed by atoms with Gasteiger partial charge in [0.15, 0.2) is 0 Å². The van der Waals surface area contributed by atoms with Gasteiger partial charge in [-0.1, -0.05) is 12.2 Å². The molecule has 1 fully saturated rings. The number of nitrogens with two attached hydrogens (primary N) is 1. The Morgan fingerprint density at radius 3 is 3.12 bits per heavy atom. The molecule has 1 aromatic rings. The van der Waals surface area contributed by atoms with Gasteiger partial charge in [-0.2, -0.15) is 0 Å². The molecular weight excluding hydrogens is 308 g/mol. The number of hydrogen-bond acceptors (Lipinski definition) is 4. The lowest BCUT2D eigenvalue weighted by molar-refractivity contribution is 0.00428. The summed E-state index contributed by atoms with van der Waals surface area (Å²) < 4.78 is 6.67. The Bertz CT molecular complexity index is 383. The standard InChI is InChI=1S/C10H13BrN2OS2/c11-9-2-1-7(16-9)5-13-3-4-14-8(6-13)10(12)15/h1-2,8H,3-6H2,(H2,12,15). The fourth-order valence-corrected chi connectivity index (χ4v) is 3.34. The normalized spacial score (nSPS) is 22.2. The van der Waals surface area contributed by atoms with E-state index in [-0.39, 0.29) is 6.10 Å². The summed E-state index contributed by atoms with van der Waals surface area (Å²) in [4.78, 5) is 4.12. The van der Waals surface area contributed by atoms with E-state index in [0.717, 1.165) is 19.6 Å². The highest BCUT2D eigenvalue weighted by atomic mass is 79.9. The van der Waals surface area contributed by atoms with Crippen molar-refractivity contribution < 1.29 is 4.74 Å². The molecule has 1 atom stereocenters. The number of rotatable bonds is 3. The quantitative estimate of drug-likeness (QED) is 0.864. The number of morpholine rings is 1. The van der Waals surface area contributed by atoms with Crippen LogP contribution in [0.2, 0.25) is 0 Å². The second kappa shape index (κ2) is 5.55. The first-order valence-corrected chi connectivity index (χ1v) is 7.04. The zero-order chi connectivity index (χ0) is 11.5. The molecule has 0 amide bonds. The van der Waals surface area contributed by atoms with E-state index < -0.39 is 0 Å². The van der Waals surface area contributed by atoms with Gasteiger partial charge in [0.2, 0.25) is 0 Å². The summed E-state index contributed by atoms with van der Waals surface area (Å²) in [5.74, 6) is 0. The Hall–Kier alpha value is -0.0100. The van der Waals surface area contributed by atoms with Crippen molar-refractivity contribution in [2.45, 2.75) is 12.6 Å². The topological polar surface area (TPSA) is 38.5 Å². The minimum absolute atomic E-state index is 0.0906. The van der Waals surface area contributed by atoms with Crippen molar-refractivity contribution in [3.05, 3.63) is 20.8 Å². The third-order valence-electron chi connectivity index (χ3n) is 2.48. The van der Waals surface area contributed by atoms with E-state index in [1.165, 1.54) is 8.66 Å². The van der Waals surface area contributed by atoms with E-state index in [1.54, 1.807) is 11.3 Å². The van der Waals surface area contributed by atoms with Gasteiger partial charge in [-0.15, -0.1) is 11.3 Å². The van der Waals surface area contributed by atoms with E-state index in [9.17, 15) is 0 Å². The Kier molecular flexibility index (Phi) is 4.32. The van der Waals surface area contributed by atoms with Crippen LogP contribution in [0.5, 0.6) is 0 Å². The molecule has 0 radical (unpaired) electrons. The molecule has 3 nitrogen and oxygen atoms in total. The number of hydrogen-bond donors (Lipinski definition) is 1. The number of halogens is 1. The van der Waals surface area contributed by atoms with Gasteiger partial charge in [-0.05, 0) is 28.1 Å². The van der Waals surface area contributed by atoms with Crippen molar-refractivity contribution >= 4 is 44.5 Å². The molecule has 1 aromatic heterocycles. The highest BCUT2D eigenvalue weighted by Crippen LogP contribution is 2.23. The van der Waals surface area contributed by atoms with Crippen molar-refractivity contribution in [1.82, 2.24) is 4.90 Å². The first-order valence-electron chi connectivity index (χ1n) is 5.02.